The SMILES string of the molecule is CCSC(=O)C[C@@H](C)C[C@@H](C)CC(C)C. The molecule has 0 unspecified atom stereocenters. The Morgan fingerprint density at radius 2 is 1.67 bits per heavy atom. The lowest BCUT2D eigenvalue weighted by molar-refractivity contribution is -0.111. The molecule has 0 aromatic rings. The molecule has 0 heterocycles. The van der Waals surface area contributed by atoms with E-state index < -0.39 is 0 Å². The molecule has 2 atom stereocenters. The molecule has 0 aromatic carbocycles. The van der Waals surface area contributed by atoms with E-state index in [0.717, 1.165) is 24.0 Å². The maximum absolute atomic E-state index is 11.4. The van der Waals surface area contributed by atoms with Gasteiger partial charge >= 0.3 is 0 Å². The summed E-state index contributed by atoms with van der Waals surface area (Å²) in [6.07, 6.45) is 3.22. The van der Waals surface area contributed by atoms with Crippen LogP contribution in [0.25, 0.3) is 0 Å². The molecular formula is C13H26OS. The number of hydrogen-bond donors (Lipinski definition) is 0. The highest BCUT2D eigenvalue weighted by Crippen LogP contribution is 2.23. The molecule has 0 amide bonds. The van der Waals surface area contributed by atoms with E-state index in [1.807, 2.05) is 6.92 Å². The fourth-order valence-corrected chi connectivity index (χ4v) is 2.90. The second kappa shape index (κ2) is 8.20. The molecule has 0 aromatic heterocycles. The molecule has 0 aliphatic rings. The van der Waals surface area contributed by atoms with Gasteiger partial charge in [-0.25, -0.2) is 0 Å². The van der Waals surface area contributed by atoms with E-state index in [0.29, 0.717) is 11.0 Å². The maximum atomic E-state index is 11.4. The lowest BCUT2D eigenvalue weighted by Gasteiger charge is -2.18. The van der Waals surface area contributed by atoms with E-state index >= 15 is 0 Å². The first-order valence-corrected chi connectivity index (χ1v) is 7.09. The van der Waals surface area contributed by atoms with Crippen LogP contribution in [0.4, 0.5) is 0 Å². The summed E-state index contributed by atoms with van der Waals surface area (Å²) in [5, 5.41) is 0.363. The minimum Gasteiger partial charge on any atom is -0.287 e. The van der Waals surface area contributed by atoms with Crippen molar-refractivity contribution in [2.75, 3.05) is 5.75 Å². The molecule has 0 fully saturated rings. The zero-order valence-electron chi connectivity index (χ0n) is 10.9. The quantitative estimate of drug-likeness (QED) is 0.646. The van der Waals surface area contributed by atoms with E-state index in [4.69, 9.17) is 0 Å². The van der Waals surface area contributed by atoms with Crippen LogP contribution in [0.3, 0.4) is 0 Å². The van der Waals surface area contributed by atoms with Gasteiger partial charge in [0.05, 0.1) is 0 Å². The first-order valence-electron chi connectivity index (χ1n) is 6.11. The Morgan fingerprint density at radius 1 is 1.07 bits per heavy atom. The average molecular weight is 230 g/mol. The third-order valence-electron chi connectivity index (χ3n) is 2.50. The predicted octanol–water partition coefficient (Wildman–Crippen LogP) is 4.36. The largest absolute Gasteiger partial charge is 0.287 e. The summed E-state index contributed by atoms with van der Waals surface area (Å²) in [4.78, 5) is 11.4. The van der Waals surface area contributed by atoms with Crippen LogP contribution in [0.5, 0.6) is 0 Å². The molecule has 0 bridgehead atoms. The molecule has 0 saturated carbocycles. The summed E-state index contributed by atoms with van der Waals surface area (Å²) in [7, 11) is 0. The number of rotatable bonds is 7. The van der Waals surface area contributed by atoms with E-state index in [1.54, 1.807) is 0 Å². The van der Waals surface area contributed by atoms with E-state index in [9.17, 15) is 4.79 Å². The smallest absolute Gasteiger partial charge is 0.189 e. The second-order valence-corrected chi connectivity index (χ2v) is 6.41. The average Bonchev–Trinajstić information content (AvgIpc) is 2.00. The first kappa shape index (κ1) is 15.0. The van der Waals surface area contributed by atoms with Crippen LogP contribution in [-0.4, -0.2) is 10.9 Å². The van der Waals surface area contributed by atoms with Gasteiger partial charge < -0.3 is 0 Å². The van der Waals surface area contributed by atoms with Gasteiger partial charge in [-0.2, -0.15) is 0 Å². The fraction of sp³-hybridized carbons (Fsp3) is 0.923. The zero-order chi connectivity index (χ0) is 11.8. The van der Waals surface area contributed by atoms with Gasteiger partial charge in [0.15, 0.2) is 5.12 Å². The Kier molecular flexibility index (Phi) is 8.22. The molecule has 0 spiro atoms. The Bertz CT molecular complexity index is 177. The van der Waals surface area contributed by atoms with Crippen LogP contribution in [0, 0.1) is 17.8 Å². The van der Waals surface area contributed by atoms with Crippen LogP contribution < -0.4 is 0 Å². The van der Waals surface area contributed by atoms with Crippen molar-refractivity contribution >= 4 is 16.9 Å². The molecule has 0 aliphatic heterocycles. The van der Waals surface area contributed by atoms with Crippen molar-refractivity contribution in [2.45, 2.75) is 53.9 Å². The molecule has 0 N–H and O–H groups in total. The fourth-order valence-electron chi connectivity index (χ4n) is 2.18. The topological polar surface area (TPSA) is 17.1 Å². The number of carbonyl (C=O) groups excluding carboxylic acids is 1. The van der Waals surface area contributed by atoms with Crippen molar-refractivity contribution in [3.05, 3.63) is 0 Å². The number of hydrogen-bond acceptors (Lipinski definition) is 2. The Hall–Kier alpha value is 0.0200. The van der Waals surface area contributed by atoms with Crippen LogP contribution in [0.1, 0.15) is 53.9 Å². The van der Waals surface area contributed by atoms with Crippen LogP contribution in [0.2, 0.25) is 0 Å². The second-order valence-electron chi connectivity index (χ2n) is 5.08. The van der Waals surface area contributed by atoms with E-state index in [1.165, 1.54) is 24.6 Å². The van der Waals surface area contributed by atoms with Crippen molar-refractivity contribution in [3.8, 4) is 0 Å². The van der Waals surface area contributed by atoms with Gasteiger partial charge in [0.1, 0.15) is 0 Å². The summed E-state index contributed by atoms with van der Waals surface area (Å²) in [6.45, 7) is 11.1. The number of carbonyl (C=O) groups is 1. The van der Waals surface area contributed by atoms with Gasteiger partial charge in [-0.1, -0.05) is 46.4 Å². The van der Waals surface area contributed by atoms with Crippen LogP contribution in [-0.2, 0) is 4.79 Å². The summed E-state index contributed by atoms with van der Waals surface area (Å²) in [6, 6.07) is 0. The summed E-state index contributed by atoms with van der Waals surface area (Å²) in [5.41, 5.74) is 0. The standard InChI is InChI=1S/C13H26OS/c1-6-15-13(14)9-12(5)8-11(4)7-10(2)3/h10-12H,6-9H2,1-5H3/t11-,12-/m0/s1. The van der Waals surface area contributed by atoms with Crippen molar-refractivity contribution in [1.82, 2.24) is 0 Å². The third kappa shape index (κ3) is 8.98. The maximum Gasteiger partial charge on any atom is 0.189 e. The minimum absolute atomic E-state index is 0.363. The molecule has 0 aliphatic carbocycles. The minimum atomic E-state index is 0.363. The monoisotopic (exact) mass is 230 g/mol. The van der Waals surface area contributed by atoms with Gasteiger partial charge in [0.25, 0.3) is 0 Å². The Balaban J connectivity index is 3.72. The van der Waals surface area contributed by atoms with Gasteiger partial charge in [0.2, 0.25) is 0 Å². The van der Waals surface area contributed by atoms with Crippen LogP contribution in [0.15, 0.2) is 0 Å². The van der Waals surface area contributed by atoms with Crippen molar-refractivity contribution in [3.63, 3.8) is 0 Å². The van der Waals surface area contributed by atoms with E-state index in [-0.39, 0.29) is 0 Å². The molecule has 0 radical (unpaired) electrons. The van der Waals surface area contributed by atoms with Gasteiger partial charge in [-0.05, 0) is 36.3 Å². The Morgan fingerprint density at radius 3 is 2.13 bits per heavy atom. The summed E-state index contributed by atoms with van der Waals surface area (Å²) in [5.74, 6) is 2.98. The molecular weight excluding hydrogens is 204 g/mol. The summed E-state index contributed by atoms with van der Waals surface area (Å²) >= 11 is 1.46. The summed E-state index contributed by atoms with van der Waals surface area (Å²) < 4.78 is 0. The lowest BCUT2D eigenvalue weighted by atomic mass is 9.89. The van der Waals surface area contributed by atoms with E-state index in [2.05, 4.69) is 27.7 Å². The normalized spacial score (nSPS) is 15.3. The molecule has 2 heteroatoms. The molecule has 15 heavy (non-hydrogen) atoms. The highest BCUT2D eigenvalue weighted by Gasteiger charge is 2.13. The van der Waals surface area contributed by atoms with Crippen LogP contribution >= 0.6 is 11.8 Å². The highest BCUT2D eigenvalue weighted by molar-refractivity contribution is 8.13. The van der Waals surface area contributed by atoms with Crippen molar-refractivity contribution in [2.24, 2.45) is 17.8 Å². The molecule has 0 rings (SSSR count). The van der Waals surface area contributed by atoms with Gasteiger partial charge in [0, 0.05) is 6.42 Å². The molecule has 1 nitrogen and oxygen atoms in total. The first-order chi connectivity index (χ1) is 6.95. The predicted molar refractivity (Wildman–Crippen MR) is 70.2 cm³/mol. The van der Waals surface area contributed by atoms with Gasteiger partial charge in [-0.3, -0.25) is 4.79 Å². The molecule has 0 saturated heterocycles. The highest BCUT2D eigenvalue weighted by atomic mass is 32.2. The Labute approximate surface area is 99.4 Å². The lowest BCUT2D eigenvalue weighted by Crippen LogP contribution is -2.09. The molecule has 90 valence electrons. The van der Waals surface area contributed by atoms with Crippen molar-refractivity contribution in [1.29, 1.82) is 0 Å². The van der Waals surface area contributed by atoms with Gasteiger partial charge in [-0.15, -0.1) is 0 Å². The van der Waals surface area contributed by atoms with Crippen molar-refractivity contribution < 1.29 is 4.79 Å². The zero-order valence-corrected chi connectivity index (χ0v) is 11.7. The number of thioether (sulfide) groups is 1. The third-order valence-corrected chi connectivity index (χ3v) is 3.28.